The highest BCUT2D eigenvalue weighted by Crippen LogP contribution is 2.38. The first-order valence-electron chi connectivity index (χ1n) is 9.96. The minimum absolute atomic E-state index is 0.133. The number of anilines is 2. The molecule has 2 heterocycles. The lowest BCUT2D eigenvalue weighted by molar-refractivity contribution is -0.115. The fourth-order valence-corrected chi connectivity index (χ4v) is 5.70. The van der Waals surface area contributed by atoms with Gasteiger partial charge in [-0.1, -0.05) is 47.6 Å². The molecule has 0 radical (unpaired) electrons. The summed E-state index contributed by atoms with van der Waals surface area (Å²) in [5, 5.41) is 12.2. The van der Waals surface area contributed by atoms with E-state index < -0.39 is 0 Å². The Hall–Kier alpha value is -2.68. The minimum atomic E-state index is -0.133. The smallest absolute Gasteiger partial charge is 0.230 e. The molecule has 2 aromatic heterocycles. The van der Waals surface area contributed by atoms with E-state index in [1.807, 2.05) is 54.1 Å². The number of nitrogens with zero attached hydrogens (tertiary/aromatic N) is 5. The lowest BCUT2D eigenvalue weighted by Gasteiger charge is -2.22. The van der Waals surface area contributed by atoms with Crippen LogP contribution in [0.15, 0.2) is 53.3 Å². The average molecular weight is 484 g/mol. The van der Waals surface area contributed by atoms with Crippen molar-refractivity contribution in [2.45, 2.75) is 38.6 Å². The highest BCUT2D eigenvalue weighted by atomic mass is 35.5. The predicted molar refractivity (Wildman–Crippen MR) is 132 cm³/mol. The fourth-order valence-electron chi connectivity index (χ4n) is 3.50. The van der Waals surface area contributed by atoms with Crippen molar-refractivity contribution >= 4 is 51.4 Å². The van der Waals surface area contributed by atoms with Gasteiger partial charge in [0.2, 0.25) is 5.91 Å². The van der Waals surface area contributed by atoms with Crippen LogP contribution in [0, 0.1) is 20.8 Å². The molecule has 0 unspecified atom stereocenters. The third kappa shape index (κ3) is 4.57. The summed E-state index contributed by atoms with van der Waals surface area (Å²) in [5.74, 6) is 0.472. The number of hydrogen-bond acceptors (Lipinski definition) is 6. The van der Waals surface area contributed by atoms with Crippen LogP contribution in [-0.4, -0.2) is 25.7 Å². The van der Waals surface area contributed by atoms with Crippen LogP contribution in [-0.2, 0) is 10.5 Å². The summed E-state index contributed by atoms with van der Waals surface area (Å²) in [6.07, 6.45) is 1.72. The Labute approximate surface area is 200 Å². The molecule has 2 aromatic carbocycles. The normalized spacial score (nSPS) is 11.0. The van der Waals surface area contributed by atoms with E-state index in [1.54, 1.807) is 23.0 Å². The van der Waals surface area contributed by atoms with Gasteiger partial charge in [-0.3, -0.25) is 14.3 Å². The Kier molecular flexibility index (Phi) is 6.64. The highest BCUT2D eigenvalue weighted by Gasteiger charge is 2.23. The van der Waals surface area contributed by atoms with Crippen LogP contribution in [0.1, 0.15) is 29.3 Å². The number of aromatic nitrogens is 4. The standard InChI is InChI=1S/C23H22ClN5OS2/c1-14-9-16(3)21(19(24)10-14)29(17(4)30)22-26-18(11-31-22)12-32-23-27-25-13-28(23)20-8-6-5-7-15(20)2/h5-11,13H,12H2,1-4H3. The monoisotopic (exact) mass is 483 g/mol. The van der Waals surface area contributed by atoms with Gasteiger partial charge < -0.3 is 0 Å². The first-order chi connectivity index (χ1) is 15.3. The van der Waals surface area contributed by atoms with Gasteiger partial charge in [0.25, 0.3) is 0 Å². The van der Waals surface area contributed by atoms with Crippen LogP contribution in [0.4, 0.5) is 10.8 Å². The van der Waals surface area contributed by atoms with Crippen molar-refractivity contribution in [3.05, 3.63) is 75.5 Å². The number of halogens is 1. The Morgan fingerprint density at radius 2 is 1.97 bits per heavy atom. The Morgan fingerprint density at radius 3 is 2.69 bits per heavy atom. The van der Waals surface area contributed by atoms with E-state index in [1.165, 1.54) is 18.3 Å². The average Bonchev–Trinajstić information content (AvgIpc) is 3.38. The molecule has 1 amide bonds. The molecule has 0 spiro atoms. The molecular formula is C23H22ClN5OS2. The molecule has 32 heavy (non-hydrogen) atoms. The predicted octanol–water partition coefficient (Wildman–Crippen LogP) is 6.28. The maximum atomic E-state index is 12.5. The second kappa shape index (κ2) is 9.44. The van der Waals surface area contributed by atoms with E-state index in [9.17, 15) is 4.79 Å². The van der Waals surface area contributed by atoms with Crippen LogP contribution >= 0.6 is 34.7 Å². The molecule has 0 saturated heterocycles. The van der Waals surface area contributed by atoms with Crippen LogP contribution < -0.4 is 4.90 Å². The van der Waals surface area contributed by atoms with Crippen molar-refractivity contribution in [1.82, 2.24) is 19.7 Å². The summed E-state index contributed by atoms with van der Waals surface area (Å²) in [6.45, 7) is 7.52. The second-order valence-electron chi connectivity index (χ2n) is 7.45. The second-order valence-corrected chi connectivity index (χ2v) is 9.63. The van der Waals surface area contributed by atoms with E-state index in [-0.39, 0.29) is 5.91 Å². The number of carbonyl (C=O) groups is 1. The van der Waals surface area contributed by atoms with Crippen LogP contribution in [0.3, 0.4) is 0 Å². The topological polar surface area (TPSA) is 63.9 Å². The van der Waals surface area contributed by atoms with Crippen molar-refractivity contribution in [3.8, 4) is 5.69 Å². The highest BCUT2D eigenvalue weighted by molar-refractivity contribution is 7.98. The van der Waals surface area contributed by atoms with E-state index in [2.05, 4.69) is 23.2 Å². The molecule has 9 heteroatoms. The zero-order chi connectivity index (χ0) is 22.8. The molecule has 0 bridgehead atoms. The van der Waals surface area contributed by atoms with Gasteiger partial charge in [-0.05, 0) is 49.6 Å². The lowest BCUT2D eigenvalue weighted by Crippen LogP contribution is -2.24. The number of thiazole rings is 1. The molecule has 0 aliphatic rings. The number of hydrogen-bond donors (Lipinski definition) is 0. The molecule has 0 atom stereocenters. The molecule has 4 rings (SSSR count). The Balaban J connectivity index is 1.57. The number of rotatable bonds is 6. The maximum Gasteiger partial charge on any atom is 0.230 e. The summed E-state index contributed by atoms with van der Waals surface area (Å²) >= 11 is 9.48. The molecule has 0 saturated carbocycles. The van der Waals surface area contributed by atoms with Gasteiger partial charge in [0, 0.05) is 18.1 Å². The van der Waals surface area contributed by atoms with Crippen LogP contribution in [0.25, 0.3) is 5.69 Å². The number of aryl methyl sites for hydroxylation is 3. The van der Waals surface area contributed by atoms with Crippen molar-refractivity contribution in [2.24, 2.45) is 0 Å². The fraction of sp³-hybridized carbons (Fsp3) is 0.217. The summed E-state index contributed by atoms with van der Waals surface area (Å²) in [6, 6.07) is 12.0. The zero-order valence-corrected chi connectivity index (χ0v) is 20.6. The summed E-state index contributed by atoms with van der Waals surface area (Å²) in [5.41, 5.74) is 5.72. The van der Waals surface area contributed by atoms with Crippen LogP contribution in [0.2, 0.25) is 5.02 Å². The van der Waals surface area contributed by atoms with E-state index >= 15 is 0 Å². The van der Waals surface area contributed by atoms with Crippen molar-refractivity contribution in [3.63, 3.8) is 0 Å². The number of carbonyl (C=O) groups excluding carboxylic acids is 1. The number of benzene rings is 2. The van der Waals surface area contributed by atoms with Gasteiger partial charge in [-0.25, -0.2) is 4.98 Å². The quantitative estimate of drug-likeness (QED) is 0.302. The first-order valence-corrected chi connectivity index (χ1v) is 12.2. The minimum Gasteiger partial charge on any atom is -0.276 e. The molecular weight excluding hydrogens is 462 g/mol. The lowest BCUT2D eigenvalue weighted by atomic mass is 10.1. The number of para-hydroxylation sites is 1. The van der Waals surface area contributed by atoms with Gasteiger partial charge in [-0.2, -0.15) is 0 Å². The van der Waals surface area contributed by atoms with Gasteiger partial charge in [-0.15, -0.1) is 21.5 Å². The summed E-state index contributed by atoms with van der Waals surface area (Å²) in [7, 11) is 0. The largest absolute Gasteiger partial charge is 0.276 e. The van der Waals surface area contributed by atoms with E-state index in [4.69, 9.17) is 16.6 Å². The van der Waals surface area contributed by atoms with Crippen molar-refractivity contribution in [1.29, 1.82) is 0 Å². The molecule has 4 aromatic rings. The first kappa shape index (κ1) is 22.5. The van der Waals surface area contributed by atoms with Crippen molar-refractivity contribution < 1.29 is 4.79 Å². The Bertz CT molecular complexity index is 1260. The zero-order valence-electron chi connectivity index (χ0n) is 18.2. The molecule has 0 aliphatic carbocycles. The maximum absolute atomic E-state index is 12.5. The van der Waals surface area contributed by atoms with Gasteiger partial charge in [0.05, 0.1) is 22.1 Å². The third-order valence-corrected chi connectivity index (χ3v) is 7.05. The SMILES string of the molecule is CC(=O)N(c1nc(CSc2nncn2-c2ccccc2C)cs1)c1c(C)cc(C)cc1Cl. The van der Waals surface area contributed by atoms with E-state index in [0.29, 0.717) is 21.6 Å². The molecule has 0 N–H and O–H groups in total. The third-order valence-electron chi connectivity index (χ3n) is 4.91. The number of thioether (sulfide) groups is 1. The molecule has 164 valence electrons. The summed E-state index contributed by atoms with van der Waals surface area (Å²) in [4.78, 5) is 18.8. The van der Waals surface area contributed by atoms with Gasteiger partial charge in [0.1, 0.15) is 6.33 Å². The number of amides is 1. The molecule has 6 nitrogen and oxygen atoms in total. The van der Waals surface area contributed by atoms with E-state index in [0.717, 1.165) is 33.2 Å². The molecule has 0 aliphatic heterocycles. The summed E-state index contributed by atoms with van der Waals surface area (Å²) < 4.78 is 1.98. The Morgan fingerprint density at radius 1 is 1.19 bits per heavy atom. The van der Waals surface area contributed by atoms with Gasteiger partial charge in [0.15, 0.2) is 10.3 Å². The van der Waals surface area contributed by atoms with Gasteiger partial charge >= 0.3 is 0 Å². The molecule has 0 fully saturated rings. The van der Waals surface area contributed by atoms with Crippen molar-refractivity contribution in [2.75, 3.05) is 4.90 Å². The van der Waals surface area contributed by atoms with Crippen LogP contribution in [0.5, 0.6) is 0 Å².